The third-order valence-corrected chi connectivity index (χ3v) is 4.18. The first-order valence-corrected chi connectivity index (χ1v) is 8.46. The maximum Gasteiger partial charge on any atom is 0.145 e. The van der Waals surface area contributed by atoms with Crippen LogP contribution in [0.15, 0.2) is 42.7 Å². The molecule has 7 heteroatoms. The van der Waals surface area contributed by atoms with E-state index in [-0.39, 0.29) is 12.5 Å². The van der Waals surface area contributed by atoms with E-state index in [4.69, 9.17) is 16.7 Å². The SMILES string of the molecule is CC(C)c1nn(-c2ccccc2)c(Cl)c1CNc1cncc(CO)n1. The van der Waals surface area contributed by atoms with Crippen molar-refractivity contribution in [2.75, 3.05) is 5.32 Å². The van der Waals surface area contributed by atoms with E-state index in [1.807, 2.05) is 30.3 Å². The summed E-state index contributed by atoms with van der Waals surface area (Å²) in [4.78, 5) is 8.34. The number of hydrogen-bond donors (Lipinski definition) is 2. The fourth-order valence-electron chi connectivity index (χ4n) is 2.56. The molecule has 2 aromatic heterocycles. The summed E-state index contributed by atoms with van der Waals surface area (Å²) in [5, 5.41) is 17.7. The highest BCUT2D eigenvalue weighted by atomic mass is 35.5. The lowest BCUT2D eigenvalue weighted by Crippen LogP contribution is -2.06. The highest BCUT2D eigenvalue weighted by Crippen LogP contribution is 2.29. The fourth-order valence-corrected chi connectivity index (χ4v) is 2.86. The molecular formula is C18H20ClN5O. The molecule has 0 aliphatic rings. The average molecular weight is 358 g/mol. The van der Waals surface area contributed by atoms with Crippen molar-refractivity contribution in [1.82, 2.24) is 19.7 Å². The number of benzene rings is 1. The van der Waals surface area contributed by atoms with Crippen molar-refractivity contribution >= 4 is 17.4 Å². The van der Waals surface area contributed by atoms with Crippen LogP contribution in [0.25, 0.3) is 5.69 Å². The number of aliphatic hydroxyl groups is 1. The summed E-state index contributed by atoms with van der Waals surface area (Å²) in [5.41, 5.74) is 3.30. The minimum Gasteiger partial charge on any atom is -0.390 e. The van der Waals surface area contributed by atoms with Crippen LogP contribution in [-0.4, -0.2) is 24.9 Å². The lowest BCUT2D eigenvalue weighted by molar-refractivity contribution is 0.276. The lowest BCUT2D eigenvalue weighted by Gasteiger charge is -2.08. The summed E-state index contributed by atoms with van der Waals surface area (Å²) >= 11 is 6.62. The van der Waals surface area contributed by atoms with Gasteiger partial charge in [0.25, 0.3) is 0 Å². The van der Waals surface area contributed by atoms with Gasteiger partial charge in [0.15, 0.2) is 0 Å². The van der Waals surface area contributed by atoms with Gasteiger partial charge in [0.1, 0.15) is 11.0 Å². The smallest absolute Gasteiger partial charge is 0.145 e. The van der Waals surface area contributed by atoms with Gasteiger partial charge in [-0.2, -0.15) is 5.10 Å². The predicted octanol–water partition coefficient (Wildman–Crippen LogP) is 3.54. The standard InChI is InChI=1S/C18H20ClN5O/c1-12(2)17-15(9-21-16-10-20-8-13(11-25)22-16)18(19)24(23-17)14-6-4-3-5-7-14/h3-8,10,12,25H,9,11H2,1-2H3,(H,21,22). The molecule has 3 aromatic rings. The van der Waals surface area contributed by atoms with E-state index in [0.717, 1.165) is 16.9 Å². The lowest BCUT2D eigenvalue weighted by atomic mass is 10.1. The van der Waals surface area contributed by atoms with Gasteiger partial charge in [-0.3, -0.25) is 4.98 Å². The summed E-state index contributed by atoms with van der Waals surface area (Å²) in [6.07, 6.45) is 3.15. The van der Waals surface area contributed by atoms with Crippen molar-refractivity contribution in [1.29, 1.82) is 0 Å². The highest BCUT2D eigenvalue weighted by molar-refractivity contribution is 6.30. The van der Waals surface area contributed by atoms with Gasteiger partial charge >= 0.3 is 0 Å². The van der Waals surface area contributed by atoms with E-state index in [1.54, 1.807) is 10.9 Å². The molecule has 0 aliphatic carbocycles. The van der Waals surface area contributed by atoms with E-state index in [0.29, 0.717) is 23.2 Å². The maximum absolute atomic E-state index is 9.17. The molecule has 0 spiro atoms. The van der Waals surface area contributed by atoms with Gasteiger partial charge in [-0.1, -0.05) is 43.6 Å². The van der Waals surface area contributed by atoms with Crippen molar-refractivity contribution in [3.8, 4) is 5.69 Å². The Labute approximate surface area is 151 Å². The molecule has 0 aliphatic heterocycles. The molecule has 0 saturated heterocycles. The molecule has 1 aromatic carbocycles. The van der Waals surface area contributed by atoms with Crippen LogP contribution in [0.5, 0.6) is 0 Å². The summed E-state index contributed by atoms with van der Waals surface area (Å²) < 4.78 is 1.75. The highest BCUT2D eigenvalue weighted by Gasteiger charge is 2.19. The van der Waals surface area contributed by atoms with E-state index in [1.165, 1.54) is 6.20 Å². The van der Waals surface area contributed by atoms with Crippen LogP contribution in [0.3, 0.4) is 0 Å². The minimum atomic E-state index is -0.146. The third kappa shape index (κ3) is 3.81. The molecule has 0 saturated carbocycles. The monoisotopic (exact) mass is 357 g/mol. The number of hydrogen-bond acceptors (Lipinski definition) is 5. The van der Waals surface area contributed by atoms with Crippen molar-refractivity contribution in [3.63, 3.8) is 0 Å². The first kappa shape index (κ1) is 17.4. The van der Waals surface area contributed by atoms with Crippen molar-refractivity contribution in [2.24, 2.45) is 0 Å². The zero-order valence-electron chi connectivity index (χ0n) is 14.1. The van der Waals surface area contributed by atoms with Gasteiger partial charge < -0.3 is 10.4 Å². The second-order valence-electron chi connectivity index (χ2n) is 5.96. The quantitative estimate of drug-likeness (QED) is 0.705. The molecule has 2 heterocycles. The molecule has 0 bridgehead atoms. The molecule has 0 atom stereocenters. The Balaban J connectivity index is 1.90. The van der Waals surface area contributed by atoms with Crippen LogP contribution >= 0.6 is 11.6 Å². The van der Waals surface area contributed by atoms with Crippen LogP contribution in [-0.2, 0) is 13.2 Å². The van der Waals surface area contributed by atoms with E-state index in [9.17, 15) is 5.11 Å². The molecule has 0 unspecified atom stereocenters. The predicted molar refractivity (Wildman–Crippen MR) is 97.9 cm³/mol. The van der Waals surface area contributed by atoms with Gasteiger partial charge in [0, 0.05) is 12.1 Å². The van der Waals surface area contributed by atoms with Crippen LogP contribution in [0.4, 0.5) is 5.82 Å². The third-order valence-electron chi connectivity index (χ3n) is 3.79. The molecule has 0 amide bonds. The summed E-state index contributed by atoms with van der Waals surface area (Å²) in [6.45, 7) is 4.50. The van der Waals surface area contributed by atoms with Gasteiger partial charge in [-0.25, -0.2) is 9.67 Å². The zero-order chi connectivity index (χ0) is 17.8. The second kappa shape index (κ2) is 7.63. The van der Waals surface area contributed by atoms with E-state index in [2.05, 4.69) is 29.1 Å². The Morgan fingerprint density at radius 3 is 2.64 bits per heavy atom. The number of halogens is 1. The number of nitrogens with zero attached hydrogens (tertiary/aromatic N) is 4. The Morgan fingerprint density at radius 1 is 1.20 bits per heavy atom. The molecule has 0 fully saturated rings. The van der Waals surface area contributed by atoms with Crippen molar-refractivity contribution in [2.45, 2.75) is 32.9 Å². The average Bonchev–Trinajstić information content (AvgIpc) is 2.97. The number of aromatic nitrogens is 4. The van der Waals surface area contributed by atoms with Crippen LogP contribution in [0.2, 0.25) is 5.15 Å². The van der Waals surface area contributed by atoms with Gasteiger partial charge in [-0.05, 0) is 18.1 Å². The Bertz CT molecular complexity index is 848. The van der Waals surface area contributed by atoms with Gasteiger partial charge in [0.2, 0.25) is 0 Å². The topological polar surface area (TPSA) is 75.9 Å². The largest absolute Gasteiger partial charge is 0.390 e. The van der Waals surface area contributed by atoms with Crippen LogP contribution in [0, 0.1) is 0 Å². The molecule has 0 radical (unpaired) electrons. The normalized spacial score (nSPS) is 11.1. The Hall–Kier alpha value is -2.44. The van der Waals surface area contributed by atoms with Crippen molar-refractivity contribution < 1.29 is 5.11 Å². The van der Waals surface area contributed by atoms with Gasteiger partial charge in [0.05, 0.1) is 36.1 Å². The van der Waals surface area contributed by atoms with Gasteiger partial charge in [-0.15, -0.1) is 0 Å². The van der Waals surface area contributed by atoms with Crippen LogP contribution < -0.4 is 5.32 Å². The number of aliphatic hydroxyl groups excluding tert-OH is 1. The molecule has 3 rings (SSSR count). The number of para-hydroxylation sites is 1. The number of nitrogens with one attached hydrogen (secondary N) is 1. The molecular weight excluding hydrogens is 338 g/mol. The van der Waals surface area contributed by atoms with Crippen molar-refractivity contribution in [3.05, 3.63) is 64.8 Å². The zero-order valence-corrected chi connectivity index (χ0v) is 14.9. The Morgan fingerprint density at radius 2 is 1.96 bits per heavy atom. The molecule has 25 heavy (non-hydrogen) atoms. The van der Waals surface area contributed by atoms with E-state index >= 15 is 0 Å². The van der Waals surface area contributed by atoms with Crippen LogP contribution in [0.1, 0.15) is 36.7 Å². The summed E-state index contributed by atoms with van der Waals surface area (Å²) in [7, 11) is 0. The summed E-state index contributed by atoms with van der Waals surface area (Å²) in [6, 6.07) is 9.80. The first-order valence-electron chi connectivity index (χ1n) is 8.08. The van der Waals surface area contributed by atoms with E-state index < -0.39 is 0 Å². The second-order valence-corrected chi connectivity index (χ2v) is 6.32. The maximum atomic E-state index is 9.17. The number of anilines is 1. The molecule has 2 N–H and O–H groups in total. The Kier molecular flexibility index (Phi) is 5.31. The fraction of sp³-hybridized carbons (Fsp3) is 0.278. The first-order chi connectivity index (χ1) is 12.1. The minimum absolute atomic E-state index is 0.146. The molecule has 130 valence electrons. The number of rotatable bonds is 6. The molecule has 6 nitrogen and oxygen atoms in total. The summed E-state index contributed by atoms with van der Waals surface area (Å²) in [5.74, 6) is 0.818.